The van der Waals surface area contributed by atoms with E-state index in [1.165, 1.54) is 20.4 Å². The molecule has 0 bridgehead atoms. The van der Waals surface area contributed by atoms with Crippen LogP contribution in [0.1, 0.15) is 16.8 Å². The molecule has 0 aliphatic rings. The van der Waals surface area contributed by atoms with Crippen LogP contribution in [0.15, 0.2) is 23.1 Å². The number of aliphatic hydroxyl groups is 1. The molecule has 1 atom stereocenters. The lowest BCUT2D eigenvalue weighted by Crippen LogP contribution is -2.37. The number of fused-ring (bicyclic) bond motifs is 1. The third kappa shape index (κ3) is 3.41. The van der Waals surface area contributed by atoms with Crippen molar-refractivity contribution in [1.82, 2.24) is 15.3 Å². The number of amides is 1. The number of carbonyl (C=O) groups excluding carboxylic acids is 1. The molecule has 22 heavy (non-hydrogen) atoms. The molecule has 8 heteroatoms. The molecule has 2 rings (SSSR count). The lowest BCUT2D eigenvalue weighted by Gasteiger charge is -2.12. The average molecular weight is 307 g/mol. The zero-order valence-corrected chi connectivity index (χ0v) is 12.3. The second kappa shape index (κ2) is 7.01. The first-order valence-electron chi connectivity index (χ1n) is 6.61. The van der Waals surface area contributed by atoms with Crippen molar-refractivity contribution < 1.29 is 19.4 Å². The summed E-state index contributed by atoms with van der Waals surface area (Å²) in [4.78, 5) is 31.2. The number of aromatic nitrogens is 2. The van der Waals surface area contributed by atoms with Gasteiger partial charge in [-0.25, -0.2) is 4.98 Å². The van der Waals surface area contributed by atoms with Crippen LogP contribution in [0, 0.1) is 0 Å². The molecule has 2 aromatic heterocycles. The third-order valence-corrected chi connectivity index (χ3v) is 3.05. The quantitative estimate of drug-likeness (QED) is 0.648. The van der Waals surface area contributed by atoms with Gasteiger partial charge in [-0.2, -0.15) is 0 Å². The van der Waals surface area contributed by atoms with Crippen LogP contribution in [-0.2, 0) is 4.74 Å². The largest absolute Gasteiger partial charge is 0.481 e. The van der Waals surface area contributed by atoms with Crippen LogP contribution in [0.3, 0.4) is 0 Å². The van der Waals surface area contributed by atoms with Crippen molar-refractivity contribution in [2.24, 2.45) is 0 Å². The standard InChI is InChI=1S/C14H17N3O5/c1-21-6-5-10(18)16-14(20)8-7-15-9-3-4-11(22-2)17-12(9)13(8)19/h3-4,7,10,18H,5-6H2,1-2H3,(H,15,19)(H,16,20). The second-order valence-electron chi connectivity index (χ2n) is 4.55. The van der Waals surface area contributed by atoms with Gasteiger partial charge in [0.2, 0.25) is 11.3 Å². The van der Waals surface area contributed by atoms with E-state index in [0.717, 1.165) is 0 Å². The van der Waals surface area contributed by atoms with Crippen LogP contribution in [0.25, 0.3) is 11.0 Å². The van der Waals surface area contributed by atoms with Crippen LogP contribution in [0.5, 0.6) is 5.88 Å². The molecule has 0 aliphatic heterocycles. The lowest BCUT2D eigenvalue weighted by molar-refractivity contribution is 0.0657. The number of nitrogens with zero attached hydrogens (tertiary/aromatic N) is 1. The number of aromatic amines is 1. The SMILES string of the molecule is COCCC(O)NC(=O)c1c[nH]c2ccc(OC)nc2c1=O. The molecule has 3 N–H and O–H groups in total. The summed E-state index contributed by atoms with van der Waals surface area (Å²) in [6.45, 7) is 0.286. The summed E-state index contributed by atoms with van der Waals surface area (Å²) >= 11 is 0. The Kier molecular flexibility index (Phi) is 5.08. The number of pyridine rings is 2. The van der Waals surface area contributed by atoms with Gasteiger partial charge < -0.3 is 24.9 Å². The number of ether oxygens (including phenoxy) is 2. The van der Waals surface area contributed by atoms with E-state index in [-0.39, 0.29) is 30.0 Å². The van der Waals surface area contributed by atoms with E-state index in [1.807, 2.05) is 0 Å². The molecule has 1 unspecified atom stereocenters. The van der Waals surface area contributed by atoms with Crippen molar-refractivity contribution in [3.05, 3.63) is 34.1 Å². The van der Waals surface area contributed by atoms with E-state index in [2.05, 4.69) is 15.3 Å². The fraction of sp³-hybridized carbons (Fsp3) is 0.357. The van der Waals surface area contributed by atoms with E-state index in [1.54, 1.807) is 12.1 Å². The topological polar surface area (TPSA) is 114 Å². The van der Waals surface area contributed by atoms with E-state index in [9.17, 15) is 14.7 Å². The number of hydrogen-bond acceptors (Lipinski definition) is 6. The fourth-order valence-electron chi connectivity index (χ4n) is 1.89. The zero-order valence-electron chi connectivity index (χ0n) is 12.3. The summed E-state index contributed by atoms with van der Waals surface area (Å²) < 4.78 is 9.77. The number of carbonyl (C=O) groups is 1. The average Bonchev–Trinajstić information content (AvgIpc) is 2.52. The van der Waals surface area contributed by atoms with Gasteiger partial charge in [0, 0.05) is 25.8 Å². The summed E-state index contributed by atoms with van der Waals surface area (Å²) in [6, 6.07) is 3.24. The number of nitrogens with one attached hydrogen (secondary N) is 2. The van der Waals surface area contributed by atoms with E-state index in [0.29, 0.717) is 5.52 Å². The molecule has 0 radical (unpaired) electrons. The Balaban J connectivity index is 2.29. The normalized spacial score (nSPS) is 12.1. The van der Waals surface area contributed by atoms with Gasteiger partial charge in [0.1, 0.15) is 17.3 Å². The highest BCUT2D eigenvalue weighted by atomic mass is 16.5. The van der Waals surface area contributed by atoms with Crippen molar-refractivity contribution >= 4 is 16.9 Å². The first-order valence-corrected chi connectivity index (χ1v) is 6.61. The maximum absolute atomic E-state index is 12.3. The summed E-state index contributed by atoms with van der Waals surface area (Å²) in [5, 5.41) is 12.0. The molecular weight excluding hydrogens is 290 g/mol. The van der Waals surface area contributed by atoms with Crippen molar-refractivity contribution in [3.8, 4) is 5.88 Å². The number of methoxy groups -OCH3 is 2. The van der Waals surface area contributed by atoms with Crippen molar-refractivity contribution in [2.45, 2.75) is 12.6 Å². The molecule has 0 fully saturated rings. The van der Waals surface area contributed by atoms with Crippen molar-refractivity contribution in [3.63, 3.8) is 0 Å². The third-order valence-electron chi connectivity index (χ3n) is 3.05. The monoisotopic (exact) mass is 307 g/mol. The van der Waals surface area contributed by atoms with Gasteiger partial charge >= 0.3 is 0 Å². The first kappa shape index (κ1) is 15.9. The molecule has 8 nitrogen and oxygen atoms in total. The lowest BCUT2D eigenvalue weighted by atomic mass is 10.2. The van der Waals surface area contributed by atoms with Crippen molar-refractivity contribution in [2.75, 3.05) is 20.8 Å². The Morgan fingerprint density at radius 3 is 2.91 bits per heavy atom. The predicted molar refractivity (Wildman–Crippen MR) is 78.9 cm³/mol. The van der Waals surface area contributed by atoms with Crippen molar-refractivity contribution in [1.29, 1.82) is 0 Å². The maximum Gasteiger partial charge on any atom is 0.258 e. The smallest absolute Gasteiger partial charge is 0.258 e. The Morgan fingerprint density at radius 2 is 2.23 bits per heavy atom. The minimum Gasteiger partial charge on any atom is -0.481 e. The Labute approximate surface area is 126 Å². The van der Waals surface area contributed by atoms with Gasteiger partial charge in [-0.05, 0) is 6.07 Å². The van der Waals surface area contributed by atoms with Gasteiger partial charge in [-0.15, -0.1) is 0 Å². The molecular formula is C14H17N3O5. The molecule has 0 aromatic carbocycles. The van der Waals surface area contributed by atoms with E-state index < -0.39 is 17.6 Å². The second-order valence-corrected chi connectivity index (χ2v) is 4.55. The van der Waals surface area contributed by atoms with Crippen LogP contribution >= 0.6 is 0 Å². The number of aliphatic hydroxyl groups excluding tert-OH is 1. The Morgan fingerprint density at radius 1 is 1.45 bits per heavy atom. The predicted octanol–water partition coefficient (Wildman–Crippen LogP) is 0.0164. The summed E-state index contributed by atoms with van der Waals surface area (Å²) in [7, 11) is 2.92. The minimum absolute atomic E-state index is 0.0957. The molecule has 0 aliphatic carbocycles. The molecule has 2 aromatic rings. The van der Waals surface area contributed by atoms with Gasteiger partial charge in [0.05, 0.1) is 19.2 Å². The maximum atomic E-state index is 12.3. The van der Waals surface area contributed by atoms with Gasteiger partial charge in [0.25, 0.3) is 5.91 Å². The molecule has 0 spiro atoms. The summed E-state index contributed by atoms with van der Waals surface area (Å²) in [6.07, 6.45) is 0.414. The highest BCUT2D eigenvalue weighted by Crippen LogP contribution is 2.11. The number of H-pyrrole nitrogens is 1. The minimum atomic E-state index is -1.10. The highest BCUT2D eigenvalue weighted by molar-refractivity contribution is 5.96. The van der Waals surface area contributed by atoms with E-state index >= 15 is 0 Å². The zero-order chi connectivity index (χ0) is 16.1. The van der Waals surface area contributed by atoms with Gasteiger partial charge in [-0.1, -0.05) is 0 Å². The fourth-order valence-corrected chi connectivity index (χ4v) is 1.89. The first-order chi connectivity index (χ1) is 10.6. The van der Waals surface area contributed by atoms with Crippen LogP contribution < -0.4 is 15.5 Å². The molecule has 1 amide bonds. The van der Waals surface area contributed by atoms with Gasteiger partial charge in [0.15, 0.2) is 0 Å². The molecule has 118 valence electrons. The number of rotatable bonds is 6. The van der Waals surface area contributed by atoms with E-state index in [4.69, 9.17) is 9.47 Å². The Bertz CT molecular complexity index is 728. The summed E-state index contributed by atoms with van der Waals surface area (Å²) in [5.41, 5.74) is -0.0884. The van der Waals surface area contributed by atoms with Crippen LogP contribution in [-0.4, -0.2) is 48.0 Å². The summed E-state index contributed by atoms with van der Waals surface area (Å²) in [5.74, 6) is -0.410. The van der Waals surface area contributed by atoms with Gasteiger partial charge in [-0.3, -0.25) is 9.59 Å². The molecule has 0 saturated carbocycles. The highest BCUT2D eigenvalue weighted by Gasteiger charge is 2.16. The number of hydrogen-bond donors (Lipinski definition) is 3. The van der Waals surface area contributed by atoms with Crippen LogP contribution in [0.4, 0.5) is 0 Å². The van der Waals surface area contributed by atoms with Crippen LogP contribution in [0.2, 0.25) is 0 Å². The molecule has 0 saturated heterocycles. The Hall–Kier alpha value is -2.45. The molecule has 2 heterocycles.